The molecule has 1 fully saturated rings. The van der Waals surface area contributed by atoms with E-state index in [9.17, 15) is 4.79 Å². The topological polar surface area (TPSA) is 69.6 Å². The molecule has 9 heteroatoms. The maximum Gasteiger partial charge on any atom is 0.243 e. The van der Waals surface area contributed by atoms with Crippen molar-refractivity contribution in [3.05, 3.63) is 29.8 Å². The van der Waals surface area contributed by atoms with Gasteiger partial charge in [0.25, 0.3) is 0 Å². The Morgan fingerprint density at radius 2 is 1.93 bits per heavy atom. The van der Waals surface area contributed by atoms with Gasteiger partial charge in [0.1, 0.15) is 12.3 Å². The summed E-state index contributed by atoms with van der Waals surface area (Å²) >= 11 is 0. The molecule has 1 saturated heterocycles. The van der Waals surface area contributed by atoms with E-state index in [4.69, 9.17) is 9.47 Å². The molecule has 1 amide bonds. The summed E-state index contributed by atoms with van der Waals surface area (Å²) in [6.07, 6.45) is 1.00. The monoisotopic (exact) mass is 533 g/mol. The van der Waals surface area contributed by atoms with Crippen molar-refractivity contribution >= 4 is 35.8 Å². The van der Waals surface area contributed by atoms with Crippen LogP contribution in [0.25, 0.3) is 0 Å². The number of methoxy groups -OCH3 is 1. The molecule has 1 heterocycles. The van der Waals surface area contributed by atoms with E-state index in [2.05, 4.69) is 15.2 Å². The smallest absolute Gasteiger partial charge is 0.243 e. The first-order chi connectivity index (χ1) is 14.0. The van der Waals surface area contributed by atoms with Gasteiger partial charge in [-0.25, -0.2) is 4.99 Å². The van der Waals surface area contributed by atoms with E-state index in [1.165, 1.54) is 0 Å². The SMILES string of the molecule is COc1ccccc1CN(C)C(=NCC(=O)N(C)C)NCCCN1CCOCC1.I. The highest BCUT2D eigenvalue weighted by atomic mass is 127. The maximum absolute atomic E-state index is 12.0. The standard InChI is InChI=1S/C21H35N5O3.HI/c1-24(2)20(27)16-23-21(22-10-7-11-26-12-14-29-15-13-26)25(3)17-18-8-5-6-9-19(18)28-4;/h5-6,8-9H,7,10-17H2,1-4H3,(H,22,23);1H. The molecule has 1 N–H and O–H groups in total. The predicted octanol–water partition coefficient (Wildman–Crippen LogP) is 1.50. The number of amides is 1. The molecule has 0 radical (unpaired) electrons. The number of aliphatic imine (C=N–C) groups is 1. The minimum absolute atomic E-state index is 0. The van der Waals surface area contributed by atoms with Crippen LogP contribution in [-0.2, 0) is 16.1 Å². The Labute approximate surface area is 197 Å². The van der Waals surface area contributed by atoms with Gasteiger partial charge < -0.3 is 24.6 Å². The van der Waals surface area contributed by atoms with Crippen molar-refractivity contribution in [3.63, 3.8) is 0 Å². The Morgan fingerprint density at radius 3 is 2.60 bits per heavy atom. The molecule has 0 saturated carbocycles. The molecule has 0 atom stereocenters. The normalized spacial score (nSPS) is 14.6. The summed E-state index contributed by atoms with van der Waals surface area (Å²) in [5.74, 6) is 1.53. The first-order valence-electron chi connectivity index (χ1n) is 10.1. The Morgan fingerprint density at radius 1 is 1.23 bits per heavy atom. The number of halogens is 1. The number of hydrogen-bond donors (Lipinski definition) is 1. The molecule has 30 heavy (non-hydrogen) atoms. The number of likely N-dealkylation sites (N-methyl/N-ethyl adjacent to an activating group) is 1. The van der Waals surface area contributed by atoms with Crippen LogP contribution in [0.2, 0.25) is 0 Å². The van der Waals surface area contributed by atoms with Gasteiger partial charge in [-0.2, -0.15) is 0 Å². The highest BCUT2D eigenvalue weighted by Crippen LogP contribution is 2.18. The lowest BCUT2D eigenvalue weighted by Gasteiger charge is -2.27. The molecule has 2 rings (SSSR count). The van der Waals surface area contributed by atoms with E-state index >= 15 is 0 Å². The van der Waals surface area contributed by atoms with Crippen LogP contribution in [0.4, 0.5) is 0 Å². The number of para-hydroxylation sites is 1. The van der Waals surface area contributed by atoms with Crippen LogP contribution in [-0.4, -0.2) is 101 Å². The third kappa shape index (κ3) is 9.05. The molecule has 0 unspecified atom stereocenters. The van der Waals surface area contributed by atoms with Gasteiger partial charge in [0.15, 0.2) is 5.96 Å². The second-order valence-electron chi connectivity index (χ2n) is 7.33. The second kappa shape index (κ2) is 14.4. The number of nitrogens with zero attached hydrogens (tertiary/aromatic N) is 4. The molecule has 0 bridgehead atoms. The third-order valence-electron chi connectivity index (χ3n) is 4.86. The van der Waals surface area contributed by atoms with E-state index in [1.807, 2.05) is 36.2 Å². The molecule has 0 aromatic heterocycles. The van der Waals surface area contributed by atoms with E-state index < -0.39 is 0 Å². The average Bonchev–Trinajstić information content (AvgIpc) is 2.73. The molecule has 170 valence electrons. The van der Waals surface area contributed by atoms with Crippen molar-refractivity contribution in [2.75, 3.05) is 74.2 Å². The molecule has 0 spiro atoms. The van der Waals surface area contributed by atoms with Gasteiger partial charge in [0.2, 0.25) is 5.91 Å². The van der Waals surface area contributed by atoms with Crippen molar-refractivity contribution in [2.45, 2.75) is 13.0 Å². The van der Waals surface area contributed by atoms with Crippen LogP contribution in [0.15, 0.2) is 29.3 Å². The molecule has 8 nitrogen and oxygen atoms in total. The molecular formula is C21H36IN5O3. The summed E-state index contributed by atoms with van der Waals surface area (Å²) < 4.78 is 10.9. The average molecular weight is 533 g/mol. The number of hydrogen-bond acceptors (Lipinski definition) is 5. The van der Waals surface area contributed by atoms with Gasteiger partial charge in [0, 0.05) is 52.9 Å². The van der Waals surface area contributed by atoms with Crippen LogP contribution in [0.3, 0.4) is 0 Å². The lowest BCUT2D eigenvalue weighted by Crippen LogP contribution is -2.42. The van der Waals surface area contributed by atoms with Crippen LogP contribution in [0, 0.1) is 0 Å². The fraction of sp³-hybridized carbons (Fsp3) is 0.619. The van der Waals surface area contributed by atoms with Gasteiger partial charge in [-0.3, -0.25) is 9.69 Å². The number of guanidine groups is 1. The maximum atomic E-state index is 12.0. The Hall–Kier alpha value is -1.59. The van der Waals surface area contributed by atoms with Crippen LogP contribution in [0.5, 0.6) is 5.75 Å². The van der Waals surface area contributed by atoms with Crippen molar-refractivity contribution in [1.29, 1.82) is 0 Å². The summed E-state index contributed by atoms with van der Waals surface area (Å²) in [4.78, 5) is 22.5. The fourth-order valence-electron chi connectivity index (χ4n) is 3.09. The number of nitrogens with one attached hydrogen (secondary N) is 1. The highest BCUT2D eigenvalue weighted by Gasteiger charge is 2.13. The molecule has 1 aliphatic rings. The van der Waals surface area contributed by atoms with E-state index in [0.717, 1.165) is 57.1 Å². The quantitative estimate of drug-likeness (QED) is 0.225. The van der Waals surface area contributed by atoms with E-state index in [0.29, 0.717) is 12.5 Å². The molecular weight excluding hydrogens is 497 g/mol. The van der Waals surface area contributed by atoms with Crippen molar-refractivity contribution in [1.82, 2.24) is 20.0 Å². The molecule has 1 aliphatic heterocycles. The largest absolute Gasteiger partial charge is 0.496 e. The number of morpholine rings is 1. The van der Waals surface area contributed by atoms with Gasteiger partial charge in [-0.15, -0.1) is 24.0 Å². The summed E-state index contributed by atoms with van der Waals surface area (Å²) in [6, 6.07) is 7.94. The Bertz CT molecular complexity index is 666. The van der Waals surface area contributed by atoms with E-state index in [-0.39, 0.29) is 36.4 Å². The molecule has 1 aromatic carbocycles. The molecule has 0 aliphatic carbocycles. The molecule has 1 aromatic rings. The number of carbonyl (C=O) groups excluding carboxylic acids is 1. The Balaban J connectivity index is 0.00000450. The van der Waals surface area contributed by atoms with Gasteiger partial charge in [-0.1, -0.05) is 18.2 Å². The minimum atomic E-state index is -0.0247. The van der Waals surface area contributed by atoms with E-state index in [1.54, 1.807) is 26.1 Å². The van der Waals surface area contributed by atoms with Gasteiger partial charge in [-0.05, 0) is 19.0 Å². The third-order valence-corrected chi connectivity index (χ3v) is 4.86. The minimum Gasteiger partial charge on any atom is -0.496 e. The zero-order valence-electron chi connectivity index (χ0n) is 18.6. The van der Waals surface area contributed by atoms with Crippen LogP contribution in [0.1, 0.15) is 12.0 Å². The number of rotatable bonds is 9. The summed E-state index contributed by atoms with van der Waals surface area (Å²) in [5.41, 5.74) is 1.07. The zero-order valence-corrected chi connectivity index (χ0v) is 20.9. The first kappa shape index (κ1) is 26.4. The first-order valence-corrected chi connectivity index (χ1v) is 10.1. The number of benzene rings is 1. The predicted molar refractivity (Wildman–Crippen MR) is 131 cm³/mol. The summed E-state index contributed by atoms with van der Waals surface area (Å²) in [5, 5.41) is 3.42. The second-order valence-corrected chi connectivity index (χ2v) is 7.33. The fourth-order valence-corrected chi connectivity index (χ4v) is 3.09. The van der Waals surface area contributed by atoms with Crippen molar-refractivity contribution < 1.29 is 14.3 Å². The van der Waals surface area contributed by atoms with Crippen LogP contribution < -0.4 is 10.1 Å². The zero-order chi connectivity index (χ0) is 21.1. The van der Waals surface area contributed by atoms with Crippen LogP contribution >= 0.6 is 24.0 Å². The highest BCUT2D eigenvalue weighted by molar-refractivity contribution is 14.0. The Kier molecular flexibility index (Phi) is 12.7. The number of carbonyl (C=O) groups is 1. The summed E-state index contributed by atoms with van der Waals surface area (Å²) in [6.45, 7) is 6.18. The van der Waals surface area contributed by atoms with Crippen molar-refractivity contribution in [2.24, 2.45) is 4.99 Å². The summed E-state index contributed by atoms with van der Waals surface area (Å²) in [7, 11) is 7.13. The lowest BCUT2D eigenvalue weighted by atomic mass is 10.2. The van der Waals surface area contributed by atoms with Gasteiger partial charge in [0.05, 0.1) is 20.3 Å². The lowest BCUT2D eigenvalue weighted by molar-refractivity contribution is -0.127. The van der Waals surface area contributed by atoms with Crippen molar-refractivity contribution in [3.8, 4) is 5.75 Å². The number of ether oxygens (including phenoxy) is 2. The van der Waals surface area contributed by atoms with Gasteiger partial charge >= 0.3 is 0 Å².